The molecule has 0 bridgehead atoms. The molecule has 10 nitrogen and oxygen atoms in total. The summed E-state index contributed by atoms with van der Waals surface area (Å²) in [5, 5.41) is 33.9. The summed E-state index contributed by atoms with van der Waals surface area (Å²) >= 11 is 7.24. The van der Waals surface area contributed by atoms with E-state index in [4.69, 9.17) is 22.1 Å². The summed E-state index contributed by atoms with van der Waals surface area (Å²) in [6.45, 7) is 4.38. The van der Waals surface area contributed by atoms with Crippen molar-refractivity contribution in [2.24, 2.45) is 11.7 Å². The van der Waals surface area contributed by atoms with E-state index in [0.717, 1.165) is 13.1 Å². The van der Waals surface area contributed by atoms with Crippen molar-refractivity contribution in [2.75, 3.05) is 19.6 Å². The van der Waals surface area contributed by atoms with Gasteiger partial charge in [0.15, 0.2) is 4.47 Å². The van der Waals surface area contributed by atoms with Gasteiger partial charge in [-0.25, -0.2) is 9.78 Å². The van der Waals surface area contributed by atoms with Crippen LogP contribution in [0.3, 0.4) is 0 Å². The number of benzene rings is 1. The first kappa shape index (κ1) is 28.8. The molecule has 1 saturated heterocycles. The van der Waals surface area contributed by atoms with Crippen LogP contribution in [-0.2, 0) is 16.8 Å². The average molecular weight is 591 g/mol. The van der Waals surface area contributed by atoms with Crippen molar-refractivity contribution in [2.45, 2.75) is 69.2 Å². The van der Waals surface area contributed by atoms with Crippen LogP contribution in [-0.4, -0.2) is 73.4 Å². The van der Waals surface area contributed by atoms with Crippen LogP contribution < -0.4 is 10.5 Å². The van der Waals surface area contributed by atoms with Crippen LogP contribution in [0.1, 0.15) is 67.2 Å². The number of aliphatic hydroxyl groups excluding tert-OH is 1. The number of fused-ring (bicyclic) bond motifs is 1. The van der Waals surface area contributed by atoms with Crippen molar-refractivity contribution < 1.29 is 29.6 Å². The number of primary amides is 1. The van der Waals surface area contributed by atoms with Crippen molar-refractivity contribution in [1.29, 1.82) is 0 Å². The minimum atomic E-state index is -1.30. The molecule has 1 aliphatic heterocycles. The van der Waals surface area contributed by atoms with E-state index < -0.39 is 22.9 Å². The van der Waals surface area contributed by atoms with Gasteiger partial charge in [0.1, 0.15) is 18.1 Å². The van der Waals surface area contributed by atoms with Gasteiger partial charge < -0.3 is 35.7 Å². The van der Waals surface area contributed by atoms with E-state index in [2.05, 4.69) is 14.9 Å². The van der Waals surface area contributed by atoms with Gasteiger partial charge in [0.25, 0.3) is 0 Å². The largest absolute Gasteiger partial charge is 0.487 e. The Hall–Kier alpha value is -2.70. The molecule has 1 aromatic carbocycles. The second kappa shape index (κ2) is 11.3. The molecule has 2 aliphatic rings. The topological polar surface area (TPSA) is 162 Å². The zero-order valence-electron chi connectivity index (χ0n) is 22.4. The number of likely N-dealkylation sites (tertiary alicyclic amines) is 1. The number of amides is 1. The van der Waals surface area contributed by atoms with Crippen LogP contribution in [0.2, 0.25) is 4.47 Å². The van der Waals surface area contributed by atoms with E-state index in [-0.39, 0.29) is 37.2 Å². The molecule has 0 unspecified atom stereocenters. The molecule has 0 radical (unpaired) electrons. The smallest absolute Gasteiger partial charge is 0.352 e. The lowest BCUT2D eigenvalue weighted by Gasteiger charge is -2.44. The fourth-order valence-electron chi connectivity index (χ4n) is 6.28. The third kappa shape index (κ3) is 5.58. The minimum Gasteiger partial charge on any atom is -0.487 e. The van der Waals surface area contributed by atoms with Gasteiger partial charge in [-0.1, -0.05) is 24.6 Å². The number of aromatic amines is 1. The Kier molecular flexibility index (Phi) is 8.13. The Bertz CT molecular complexity index is 1400. The quantitative estimate of drug-likeness (QED) is 0.252. The van der Waals surface area contributed by atoms with Crippen LogP contribution >= 0.6 is 22.9 Å². The summed E-state index contributed by atoms with van der Waals surface area (Å²) < 4.78 is 6.47. The molecule has 0 spiro atoms. The molecule has 6 N–H and O–H groups in total. The van der Waals surface area contributed by atoms with Gasteiger partial charge in [0.2, 0.25) is 5.91 Å². The molecule has 3 heterocycles. The number of rotatable bonds is 9. The lowest BCUT2D eigenvalue weighted by atomic mass is 9.63. The predicted octanol–water partition coefficient (Wildman–Crippen LogP) is 3.68. The van der Waals surface area contributed by atoms with Gasteiger partial charge in [-0.15, -0.1) is 11.3 Å². The number of carboxylic acids is 1. The fraction of sp³-hybridized carbons (Fsp3) is 0.536. The third-order valence-corrected chi connectivity index (χ3v) is 9.75. The van der Waals surface area contributed by atoms with Crippen LogP contribution in [0.4, 0.5) is 0 Å². The lowest BCUT2D eigenvalue weighted by molar-refractivity contribution is -0.127. The Balaban J connectivity index is 1.43. The van der Waals surface area contributed by atoms with Gasteiger partial charge in [-0.3, -0.25) is 4.79 Å². The molecular weight excluding hydrogens is 556 g/mol. The van der Waals surface area contributed by atoms with Crippen LogP contribution in [0.25, 0.3) is 10.9 Å². The Morgan fingerprint density at radius 1 is 1.30 bits per heavy atom. The van der Waals surface area contributed by atoms with E-state index >= 15 is 0 Å². The fourth-order valence-corrected chi connectivity index (χ4v) is 7.04. The maximum Gasteiger partial charge on any atom is 0.352 e. The first-order valence-corrected chi connectivity index (χ1v) is 14.8. The minimum absolute atomic E-state index is 0.104. The number of H-pyrrole nitrogens is 1. The molecule has 1 amide bonds. The van der Waals surface area contributed by atoms with Crippen LogP contribution in [0.15, 0.2) is 23.6 Å². The molecule has 1 saturated carbocycles. The Morgan fingerprint density at radius 3 is 2.67 bits per heavy atom. The van der Waals surface area contributed by atoms with Crippen molar-refractivity contribution >= 4 is 45.7 Å². The molecule has 2 aromatic heterocycles. The molecule has 40 heavy (non-hydrogen) atoms. The van der Waals surface area contributed by atoms with Crippen molar-refractivity contribution in [3.63, 3.8) is 0 Å². The SMILES string of the molecule is C[C@H]1CN(CCC2(O)CCC(C(N)=O)(c3c(C(=O)O)[nH]c4cccc(OCc5csc(Cl)n5)c34)CC2)CC[C@@H]1O. The molecule has 1 aliphatic carbocycles. The number of piperidine rings is 1. The number of hydrogen-bond donors (Lipinski definition) is 5. The average Bonchev–Trinajstić information content (AvgIpc) is 3.53. The number of carboxylic acid groups (broad SMARTS) is 1. The molecular formula is C28H35ClN4O6S. The van der Waals surface area contributed by atoms with E-state index in [9.17, 15) is 24.9 Å². The maximum absolute atomic E-state index is 13.2. The van der Waals surface area contributed by atoms with E-state index in [1.807, 2.05) is 6.92 Å². The summed E-state index contributed by atoms with van der Waals surface area (Å²) in [7, 11) is 0. The van der Waals surface area contributed by atoms with E-state index in [0.29, 0.717) is 64.6 Å². The summed E-state index contributed by atoms with van der Waals surface area (Å²) in [5.74, 6) is -1.25. The van der Waals surface area contributed by atoms with Crippen molar-refractivity contribution in [1.82, 2.24) is 14.9 Å². The number of aromatic carboxylic acids is 1. The molecule has 5 rings (SSSR count). The molecule has 2 atom stereocenters. The molecule has 216 valence electrons. The second-order valence-corrected chi connectivity index (χ2v) is 12.7. The second-order valence-electron chi connectivity index (χ2n) is 11.3. The number of ether oxygens (including phenoxy) is 1. The maximum atomic E-state index is 13.2. The number of carbonyl (C=O) groups excluding carboxylic acids is 1. The summed E-state index contributed by atoms with van der Waals surface area (Å²) in [5.41, 5.74) is 5.10. The monoisotopic (exact) mass is 590 g/mol. The van der Waals surface area contributed by atoms with E-state index in [1.165, 1.54) is 11.3 Å². The number of thiazole rings is 1. The lowest BCUT2D eigenvalue weighted by Crippen LogP contribution is -2.50. The first-order chi connectivity index (χ1) is 19.0. The summed E-state index contributed by atoms with van der Waals surface area (Å²) in [6, 6.07) is 5.21. The Morgan fingerprint density at radius 2 is 2.05 bits per heavy atom. The van der Waals surface area contributed by atoms with Gasteiger partial charge >= 0.3 is 5.97 Å². The zero-order valence-corrected chi connectivity index (χ0v) is 23.9. The number of hydrogen-bond acceptors (Lipinski definition) is 8. The highest BCUT2D eigenvalue weighted by Crippen LogP contribution is 2.49. The standard InChI is InChI=1S/C28H35ClN4O6S/c1-16-13-33(11-5-19(16)34)12-10-27(38)6-8-28(9-7-27,25(30)37)22-21-18(32-23(22)24(35)36)3-2-4-20(21)39-14-17-15-40-26(29)31-17/h2-4,15-16,19,32,34,38H,5-14H2,1H3,(H2,30,37)(H,35,36)/t16-,19-,27?,28?/m0/s1. The van der Waals surface area contributed by atoms with E-state index in [1.54, 1.807) is 23.6 Å². The highest BCUT2D eigenvalue weighted by atomic mass is 35.5. The first-order valence-electron chi connectivity index (χ1n) is 13.6. The van der Waals surface area contributed by atoms with Crippen LogP contribution in [0.5, 0.6) is 5.75 Å². The summed E-state index contributed by atoms with van der Waals surface area (Å²) in [6.07, 6.45) is 1.95. The van der Waals surface area contributed by atoms with Gasteiger partial charge in [-0.05, 0) is 56.6 Å². The number of nitrogens with zero attached hydrogens (tertiary/aromatic N) is 2. The number of nitrogens with two attached hydrogens (primary N) is 1. The normalized spacial score (nSPS) is 27.6. The number of carbonyl (C=O) groups is 2. The predicted molar refractivity (Wildman–Crippen MR) is 152 cm³/mol. The molecule has 12 heteroatoms. The van der Waals surface area contributed by atoms with Gasteiger partial charge in [0.05, 0.1) is 28.3 Å². The molecule has 3 aromatic rings. The highest BCUT2D eigenvalue weighted by molar-refractivity contribution is 7.13. The number of aromatic nitrogens is 2. The highest BCUT2D eigenvalue weighted by Gasteiger charge is 2.50. The number of halogens is 1. The van der Waals surface area contributed by atoms with Gasteiger partial charge in [-0.2, -0.15) is 0 Å². The zero-order chi connectivity index (χ0) is 28.7. The Labute approximate surface area is 241 Å². The van der Waals surface area contributed by atoms with Gasteiger partial charge in [0, 0.05) is 36.0 Å². The van der Waals surface area contributed by atoms with Crippen LogP contribution in [0, 0.1) is 5.92 Å². The summed E-state index contributed by atoms with van der Waals surface area (Å²) in [4.78, 5) is 35.1. The van der Waals surface area contributed by atoms with Crippen molar-refractivity contribution in [3.05, 3.63) is 45.0 Å². The number of aliphatic hydroxyl groups is 2. The molecule has 2 fully saturated rings. The number of nitrogens with one attached hydrogen (secondary N) is 1. The van der Waals surface area contributed by atoms with Crippen molar-refractivity contribution in [3.8, 4) is 5.75 Å². The third-order valence-electron chi connectivity index (χ3n) is 8.72.